The van der Waals surface area contributed by atoms with E-state index in [1.165, 1.54) is 0 Å². The molecule has 1 aliphatic heterocycles. The van der Waals surface area contributed by atoms with Gasteiger partial charge >= 0.3 is 0 Å². The van der Waals surface area contributed by atoms with Gasteiger partial charge < -0.3 is 4.52 Å². The van der Waals surface area contributed by atoms with Crippen LogP contribution >= 0.6 is 7.37 Å². The summed E-state index contributed by atoms with van der Waals surface area (Å²) in [5, 5.41) is 0. The van der Waals surface area contributed by atoms with Crippen LogP contribution in [0.2, 0.25) is 0 Å². The van der Waals surface area contributed by atoms with Crippen LogP contribution in [0.25, 0.3) is 0 Å². The largest absolute Gasteiger partial charge is 0.325 e. The van der Waals surface area contributed by atoms with Crippen LogP contribution in [-0.2, 0) is 9.09 Å². The Balaban J connectivity index is 2.01. The molecule has 0 aromatic heterocycles. The maximum absolute atomic E-state index is 13.9. The third-order valence-corrected chi connectivity index (χ3v) is 7.93. The summed E-state index contributed by atoms with van der Waals surface area (Å²) in [4.78, 5) is 0. The van der Waals surface area contributed by atoms with E-state index in [4.69, 9.17) is 4.52 Å². The van der Waals surface area contributed by atoms with Crippen LogP contribution < -0.4 is 0 Å². The summed E-state index contributed by atoms with van der Waals surface area (Å²) in [6, 6.07) is 20.4. The van der Waals surface area contributed by atoms with E-state index in [0.29, 0.717) is 0 Å². The number of hydrogen-bond donors (Lipinski definition) is 0. The van der Waals surface area contributed by atoms with Crippen molar-refractivity contribution in [2.75, 3.05) is 0 Å². The Morgan fingerprint density at radius 1 is 0.864 bits per heavy atom. The lowest BCUT2D eigenvalue weighted by Gasteiger charge is -2.28. The minimum absolute atomic E-state index is 0.0151. The standard InChI is InChI=1S/C19H23O2P/c1-15(2)21-22(20)18(16-9-5-3-6-10-16)13-14-19(22)17-11-7-4-8-12-17/h3-12,15,18-19H,13-14H2,1-2H3/t18-,19-/m0/s1. The summed E-state index contributed by atoms with van der Waals surface area (Å²) < 4.78 is 20.0. The molecule has 0 N–H and O–H groups in total. The van der Waals surface area contributed by atoms with Crippen LogP contribution in [0.4, 0.5) is 0 Å². The van der Waals surface area contributed by atoms with Gasteiger partial charge in [-0.3, -0.25) is 4.57 Å². The molecule has 2 nitrogen and oxygen atoms in total. The second kappa shape index (κ2) is 6.40. The SMILES string of the molecule is CC(C)OP1(=O)[C@H](c2ccccc2)CC[C@H]1c1ccccc1. The van der Waals surface area contributed by atoms with Gasteiger partial charge in [-0.15, -0.1) is 0 Å². The Bertz CT molecular complexity index is 600. The summed E-state index contributed by atoms with van der Waals surface area (Å²) in [6.07, 6.45) is 1.82. The average Bonchev–Trinajstić information content (AvgIpc) is 2.85. The minimum Gasteiger partial charge on any atom is -0.325 e. The third kappa shape index (κ3) is 2.91. The van der Waals surface area contributed by atoms with E-state index in [2.05, 4.69) is 24.3 Å². The van der Waals surface area contributed by atoms with Crippen LogP contribution in [0.5, 0.6) is 0 Å². The van der Waals surface area contributed by atoms with Crippen LogP contribution in [0.1, 0.15) is 49.1 Å². The third-order valence-electron chi connectivity index (χ3n) is 4.33. The Labute approximate surface area is 133 Å². The smallest absolute Gasteiger partial charge is 0.217 e. The predicted molar refractivity (Wildman–Crippen MR) is 91.4 cm³/mol. The predicted octanol–water partition coefficient (Wildman–Crippen LogP) is 5.97. The Morgan fingerprint density at radius 2 is 1.27 bits per heavy atom. The molecule has 1 aliphatic rings. The van der Waals surface area contributed by atoms with Gasteiger partial charge in [-0.25, -0.2) is 0 Å². The van der Waals surface area contributed by atoms with Crippen molar-refractivity contribution in [2.24, 2.45) is 0 Å². The van der Waals surface area contributed by atoms with E-state index in [-0.39, 0.29) is 17.4 Å². The van der Waals surface area contributed by atoms with Crippen LogP contribution in [0.15, 0.2) is 60.7 Å². The molecule has 1 heterocycles. The highest BCUT2D eigenvalue weighted by molar-refractivity contribution is 7.60. The molecule has 3 rings (SSSR count). The van der Waals surface area contributed by atoms with Gasteiger partial charge in [0, 0.05) is 0 Å². The topological polar surface area (TPSA) is 26.3 Å². The summed E-state index contributed by atoms with van der Waals surface area (Å²) in [5.74, 6) is 0. The maximum atomic E-state index is 13.9. The molecular formula is C19H23O2P. The van der Waals surface area contributed by atoms with Crippen molar-refractivity contribution in [1.29, 1.82) is 0 Å². The first-order valence-corrected chi connectivity index (χ1v) is 9.75. The monoisotopic (exact) mass is 314 g/mol. The van der Waals surface area contributed by atoms with Crippen molar-refractivity contribution in [3.63, 3.8) is 0 Å². The highest BCUT2D eigenvalue weighted by Gasteiger charge is 2.49. The second-order valence-corrected chi connectivity index (χ2v) is 8.98. The molecule has 0 spiro atoms. The van der Waals surface area contributed by atoms with Crippen LogP contribution in [0, 0.1) is 0 Å². The molecule has 0 aliphatic carbocycles. The van der Waals surface area contributed by atoms with Crippen molar-refractivity contribution < 1.29 is 9.09 Å². The quantitative estimate of drug-likeness (QED) is 0.650. The van der Waals surface area contributed by atoms with Gasteiger partial charge in [0.25, 0.3) is 0 Å². The van der Waals surface area contributed by atoms with E-state index < -0.39 is 7.37 Å². The van der Waals surface area contributed by atoms with E-state index in [1.807, 2.05) is 50.2 Å². The molecule has 3 heteroatoms. The van der Waals surface area contributed by atoms with Gasteiger partial charge in [-0.05, 0) is 37.8 Å². The Hall–Kier alpha value is -1.37. The number of benzene rings is 2. The van der Waals surface area contributed by atoms with Crippen molar-refractivity contribution in [2.45, 2.75) is 44.1 Å². The van der Waals surface area contributed by atoms with Gasteiger partial charge in [0.05, 0.1) is 17.4 Å². The summed E-state index contributed by atoms with van der Waals surface area (Å²) >= 11 is 0. The molecule has 1 saturated heterocycles. The molecule has 1 fully saturated rings. The fraction of sp³-hybridized carbons (Fsp3) is 0.368. The maximum Gasteiger partial charge on any atom is 0.217 e. The van der Waals surface area contributed by atoms with E-state index in [0.717, 1.165) is 24.0 Å². The lowest BCUT2D eigenvalue weighted by Crippen LogP contribution is -2.07. The van der Waals surface area contributed by atoms with E-state index in [1.54, 1.807) is 0 Å². The first-order valence-electron chi connectivity index (χ1n) is 7.99. The fourth-order valence-corrected chi connectivity index (χ4v) is 7.05. The number of hydrogen-bond acceptors (Lipinski definition) is 2. The molecule has 116 valence electrons. The Kier molecular flexibility index (Phi) is 4.52. The first-order chi connectivity index (χ1) is 10.6. The summed E-state index contributed by atoms with van der Waals surface area (Å²) in [7, 11) is -2.79. The summed E-state index contributed by atoms with van der Waals surface area (Å²) in [5.41, 5.74) is 2.32. The number of rotatable bonds is 4. The van der Waals surface area contributed by atoms with Crippen LogP contribution in [0.3, 0.4) is 0 Å². The lowest BCUT2D eigenvalue weighted by molar-refractivity contribution is 0.238. The van der Waals surface area contributed by atoms with Crippen molar-refractivity contribution >= 4 is 7.37 Å². The highest BCUT2D eigenvalue weighted by Crippen LogP contribution is 2.77. The average molecular weight is 314 g/mol. The van der Waals surface area contributed by atoms with Gasteiger partial charge in [0.1, 0.15) is 0 Å². The molecular weight excluding hydrogens is 291 g/mol. The second-order valence-electron chi connectivity index (χ2n) is 6.23. The van der Waals surface area contributed by atoms with Gasteiger partial charge in [-0.1, -0.05) is 60.7 Å². The first kappa shape index (κ1) is 15.5. The van der Waals surface area contributed by atoms with Gasteiger partial charge in [0.2, 0.25) is 7.37 Å². The molecule has 0 radical (unpaired) electrons. The van der Waals surface area contributed by atoms with Gasteiger partial charge in [-0.2, -0.15) is 0 Å². The zero-order chi connectivity index (χ0) is 15.6. The lowest BCUT2D eigenvalue weighted by atomic mass is 10.0. The molecule has 0 unspecified atom stereocenters. The molecule has 0 bridgehead atoms. The molecule has 0 saturated carbocycles. The molecule has 0 amide bonds. The van der Waals surface area contributed by atoms with Crippen LogP contribution in [-0.4, -0.2) is 6.10 Å². The molecule has 2 aromatic rings. The van der Waals surface area contributed by atoms with E-state index >= 15 is 0 Å². The normalized spacial score (nSPS) is 23.8. The molecule has 2 atom stereocenters. The van der Waals surface area contributed by atoms with Crippen molar-refractivity contribution in [1.82, 2.24) is 0 Å². The molecule has 2 aromatic carbocycles. The summed E-state index contributed by atoms with van der Waals surface area (Å²) in [6.45, 7) is 3.95. The minimum atomic E-state index is -2.79. The van der Waals surface area contributed by atoms with Gasteiger partial charge in [0.15, 0.2) is 0 Å². The Morgan fingerprint density at radius 3 is 1.64 bits per heavy atom. The molecule has 22 heavy (non-hydrogen) atoms. The fourth-order valence-electron chi connectivity index (χ4n) is 3.47. The van der Waals surface area contributed by atoms with Crippen molar-refractivity contribution in [3.8, 4) is 0 Å². The zero-order valence-corrected chi connectivity index (χ0v) is 14.1. The zero-order valence-electron chi connectivity index (χ0n) is 13.2. The van der Waals surface area contributed by atoms with E-state index in [9.17, 15) is 4.57 Å². The highest BCUT2D eigenvalue weighted by atomic mass is 31.2. The van der Waals surface area contributed by atoms with Crippen molar-refractivity contribution in [3.05, 3.63) is 71.8 Å².